The van der Waals surface area contributed by atoms with Crippen LogP contribution >= 0.6 is 0 Å². The molecule has 0 amide bonds. The standard InChI is InChI=1S/C12H11NO5/c1-18-8-4-2-7(11(15)12(16)17)6-3-5-9(14)13-10(6)8/h2-5,11,15H,1H3,(H,13,14)(H,16,17). The average Bonchev–Trinajstić information content (AvgIpc) is 2.36. The summed E-state index contributed by atoms with van der Waals surface area (Å²) in [6, 6.07) is 5.68. The molecule has 3 N–H and O–H groups in total. The van der Waals surface area contributed by atoms with Crippen LogP contribution < -0.4 is 10.3 Å². The zero-order valence-electron chi connectivity index (χ0n) is 9.51. The van der Waals surface area contributed by atoms with Gasteiger partial charge in [0.2, 0.25) is 5.56 Å². The van der Waals surface area contributed by atoms with E-state index < -0.39 is 12.1 Å². The minimum atomic E-state index is -1.65. The van der Waals surface area contributed by atoms with E-state index in [2.05, 4.69) is 4.98 Å². The van der Waals surface area contributed by atoms with Gasteiger partial charge in [0.25, 0.3) is 0 Å². The van der Waals surface area contributed by atoms with Gasteiger partial charge in [-0.25, -0.2) is 4.79 Å². The van der Waals surface area contributed by atoms with Crippen molar-refractivity contribution in [2.24, 2.45) is 0 Å². The van der Waals surface area contributed by atoms with Gasteiger partial charge < -0.3 is 19.9 Å². The molecule has 1 aromatic heterocycles. The molecule has 94 valence electrons. The molecule has 2 aromatic rings. The lowest BCUT2D eigenvalue weighted by Gasteiger charge is -2.12. The maximum absolute atomic E-state index is 11.3. The predicted octanol–water partition coefficient (Wildman–Crippen LogP) is 0.655. The smallest absolute Gasteiger partial charge is 0.337 e. The van der Waals surface area contributed by atoms with Gasteiger partial charge in [0.05, 0.1) is 12.6 Å². The highest BCUT2D eigenvalue weighted by Gasteiger charge is 2.20. The number of H-pyrrole nitrogens is 1. The summed E-state index contributed by atoms with van der Waals surface area (Å²) in [4.78, 5) is 24.6. The summed E-state index contributed by atoms with van der Waals surface area (Å²) in [7, 11) is 1.44. The summed E-state index contributed by atoms with van der Waals surface area (Å²) in [5.74, 6) is -0.947. The zero-order chi connectivity index (χ0) is 13.3. The third kappa shape index (κ3) is 1.93. The SMILES string of the molecule is COc1ccc(C(O)C(=O)O)c2ccc(=O)[nH]c12. The molecular formula is C12H11NO5. The first kappa shape index (κ1) is 12.1. The number of hydrogen-bond donors (Lipinski definition) is 3. The van der Waals surface area contributed by atoms with Gasteiger partial charge in [-0.15, -0.1) is 0 Å². The topological polar surface area (TPSA) is 99.6 Å². The maximum Gasteiger partial charge on any atom is 0.337 e. The van der Waals surface area contributed by atoms with Crippen molar-refractivity contribution in [2.45, 2.75) is 6.10 Å². The van der Waals surface area contributed by atoms with E-state index in [4.69, 9.17) is 9.84 Å². The Bertz CT molecular complexity index is 661. The van der Waals surface area contributed by atoms with E-state index in [1.807, 2.05) is 0 Å². The highest BCUT2D eigenvalue weighted by Crippen LogP contribution is 2.29. The van der Waals surface area contributed by atoms with Crippen LogP contribution in [-0.4, -0.2) is 28.3 Å². The van der Waals surface area contributed by atoms with E-state index in [-0.39, 0.29) is 11.1 Å². The van der Waals surface area contributed by atoms with Gasteiger partial charge in [-0.3, -0.25) is 4.79 Å². The van der Waals surface area contributed by atoms with Crippen LogP contribution in [0.4, 0.5) is 0 Å². The van der Waals surface area contributed by atoms with Crippen LogP contribution in [0.1, 0.15) is 11.7 Å². The molecule has 0 radical (unpaired) electrons. The van der Waals surface area contributed by atoms with E-state index in [0.717, 1.165) is 0 Å². The Kier molecular flexibility index (Phi) is 3.03. The average molecular weight is 249 g/mol. The Morgan fingerprint density at radius 3 is 2.67 bits per heavy atom. The summed E-state index contributed by atoms with van der Waals surface area (Å²) in [6.45, 7) is 0. The third-order valence-corrected chi connectivity index (χ3v) is 2.64. The molecule has 0 saturated carbocycles. The van der Waals surface area contributed by atoms with Crippen LogP contribution in [0.25, 0.3) is 10.9 Å². The summed E-state index contributed by atoms with van der Waals surface area (Å²) >= 11 is 0. The van der Waals surface area contributed by atoms with Gasteiger partial charge in [0.15, 0.2) is 6.10 Å². The Morgan fingerprint density at radius 2 is 2.06 bits per heavy atom. The Labute approximate surface area is 101 Å². The highest BCUT2D eigenvalue weighted by molar-refractivity contribution is 5.91. The van der Waals surface area contributed by atoms with Crippen LogP contribution in [0.5, 0.6) is 5.75 Å². The number of carboxylic acid groups (broad SMARTS) is 1. The van der Waals surface area contributed by atoms with Crippen molar-refractivity contribution >= 4 is 16.9 Å². The normalized spacial score (nSPS) is 12.3. The molecule has 0 aliphatic carbocycles. The maximum atomic E-state index is 11.3. The number of nitrogens with one attached hydrogen (secondary N) is 1. The fraction of sp³-hybridized carbons (Fsp3) is 0.167. The molecule has 0 aliphatic rings. The van der Waals surface area contributed by atoms with Crippen molar-refractivity contribution in [3.05, 3.63) is 40.2 Å². The summed E-state index contributed by atoms with van der Waals surface area (Å²) in [6.07, 6.45) is -1.65. The monoisotopic (exact) mass is 249 g/mol. The van der Waals surface area contributed by atoms with Gasteiger partial charge in [-0.2, -0.15) is 0 Å². The van der Waals surface area contributed by atoms with Crippen LogP contribution in [-0.2, 0) is 4.79 Å². The largest absolute Gasteiger partial charge is 0.495 e. The number of hydrogen-bond acceptors (Lipinski definition) is 4. The summed E-state index contributed by atoms with van der Waals surface area (Å²) in [5.41, 5.74) is 0.236. The molecule has 0 fully saturated rings. The van der Waals surface area contributed by atoms with Gasteiger partial charge in [-0.05, 0) is 12.1 Å². The number of benzene rings is 1. The quantitative estimate of drug-likeness (QED) is 0.741. The second-order valence-electron chi connectivity index (χ2n) is 3.71. The fourth-order valence-corrected chi connectivity index (χ4v) is 1.79. The molecule has 18 heavy (non-hydrogen) atoms. The minimum absolute atomic E-state index is 0.203. The first-order valence-corrected chi connectivity index (χ1v) is 5.15. The molecular weight excluding hydrogens is 238 g/mol. The number of carbonyl (C=O) groups is 1. The highest BCUT2D eigenvalue weighted by atomic mass is 16.5. The van der Waals surface area contributed by atoms with Crippen molar-refractivity contribution in [3.8, 4) is 5.75 Å². The lowest BCUT2D eigenvalue weighted by atomic mass is 10.0. The molecule has 1 atom stereocenters. The Balaban J connectivity index is 2.78. The van der Waals surface area contributed by atoms with E-state index in [0.29, 0.717) is 16.7 Å². The van der Waals surface area contributed by atoms with Crippen LogP contribution in [0.15, 0.2) is 29.1 Å². The molecule has 1 unspecified atom stereocenters. The van der Waals surface area contributed by atoms with Crippen molar-refractivity contribution in [2.75, 3.05) is 7.11 Å². The van der Waals surface area contributed by atoms with Gasteiger partial charge >= 0.3 is 5.97 Å². The molecule has 6 heteroatoms. The molecule has 0 aliphatic heterocycles. The Morgan fingerprint density at radius 1 is 1.33 bits per heavy atom. The second kappa shape index (κ2) is 4.50. The number of aromatic amines is 1. The number of methoxy groups -OCH3 is 1. The minimum Gasteiger partial charge on any atom is -0.495 e. The number of aliphatic carboxylic acids is 1. The number of aliphatic hydroxyl groups is 1. The molecule has 0 saturated heterocycles. The number of carboxylic acids is 1. The molecule has 0 bridgehead atoms. The number of ether oxygens (including phenoxy) is 1. The Hall–Kier alpha value is -2.34. The van der Waals surface area contributed by atoms with Gasteiger partial charge in [0, 0.05) is 17.0 Å². The van der Waals surface area contributed by atoms with Gasteiger partial charge in [0.1, 0.15) is 5.75 Å². The number of aromatic nitrogens is 1. The van der Waals surface area contributed by atoms with Crippen LogP contribution in [0, 0.1) is 0 Å². The van der Waals surface area contributed by atoms with E-state index in [1.165, 1.54) is 31.4 Å². The van der Waals surface area contributed by atoms with Crippen molar-refractivity contribution < 1.29 is 19.7 Å². The van der Waals surface area contributed by atoms with E-state index in [9.17, 15) is 14.7 Å². The predicted molar refractivity (Wildman–Crippen MR) is 63.7 cm³/mol. The molecule has 1 heterocycles. The zero-order valence-corrected chi connectivity index (χ0v) is 9.51. The fourth-order valence-electron chi connectivity index (χ4n) is 1.79. The molecule has 0 spiro atoms. The van der Waals surface area contributed by atoms with Crippen molar-refractivity contribution in [1.29, 1.82) is 0 Å². The lowest BCUT2D eigenvalue weighted by molar-refractivity contribution is -0.146. The number of aliphatic hydroxyl groups excluding tert-OH is 1. The van der Waals surface area contributed by atoms with Crippen LogP contribution in [0.2, 0.25) is 0 Å². The second-order valence-corrected chi connectivity index (χ2v) is 3.71. The number of fused-ring (bicyclic) bond motifs is 1. The third-order valence-electron chi connectivity index (χ3n) is 2.64. The number of pyridine rings is 1. The van der Waals surface area contributed by atoms with E-state index in [1.54, 1.807) is 0 Å². The first-order valence-electron chi connectivity index (χ1n) is 5.15. The first-order chi connectivity index (χ1) is 8.54. The number of rotatable bonds is 3. The molecule has 2 rings (SSSR count). The van der Waals surface area contributed by atoms with E-state index >= 15 is 0 Å². The lowest BCUT2D eigenvalue weighted by Crippen LogP contribution is -2.12. The molecule has 6 nitrogen and oxygen atoms in total. The summed E-state index contributed by atoms with van der Waals surface area (Å²) < 4.78 is 5.08. The molecule has 1 aromatic carbocycles. The van der Waals surface area contributed by atoms with Gasteiger partial charge in [-0.1, -0.05) is 6.07 Å². The van der Waals surface area contributed by atoms with Crippen LogP contribution in [0.3, 0.4) is 0 Å². The summed E-state index contributed by atoms with van der Waals surface area (Å²) in [5, 5.41) is 18.9. The van der Waals surface area contributed by atoms with Crippen molar-refractivity contribution in [3.63, 3.8) is 0 Å². The van der Waals surface area contributed by atoms with Crippen molar-refractivity contribution in [1.82, 2.24) is 4.98 Å².